The van der Waals surface area contributed by atoms with Gasteiger partial charge in [0, 0.05) is 11.3 Å². The fourth-order valence-corrected chi connectivity index (χ4v) is 2.05. The number of hydrogen-bond acceptors (Lipinski definition) is 2. The van der Waals surface area contributed by atoms with Crippen LogP contribution in [0.15, 0.2) is 48.5 Å². The summed E-state index contributed by atoms with van der Waals surface area (Å²) in [5.41, 5.74) is 0.717. The monoisotopic (exact) mass is 302 g/mol. The summed E-state index contributed by atoms with van der Waals surface area (Å²) in [7, 11) is 0. The second-order valence-electron chi connectivity index (χ2n) is 4.44. The van der Waals surface area contributed by atoms with E-state index in [1.165, 1.54) is 17.0 Å². The second kappa shape index (κ2) is 6.38. The van der Waals surface area contributed by atoms with E-state index >= 15 is 0 Å². The number of carbonyl (C=O) groups excluding carboxylic acids is 1. The quantitative estimate of drug-likeness (QED) is 0.859. The first kappa shape index (κ1) is 15.0. The molecule has 0 N–H and O–H groups in total. The van der Waals surface area contributed by atoms with Crippen LogP contribution in [0, 0.1) is 17.1 Å². The summed E-state index contributed by atoms with van der Waals surface area (Å²) in [6.45, 7) is 1.58. The van der Waals surface area contributed by atoms with Gasteiger partial charge in [-0.1, -0.05) is 29.8 Å². The van der Waals surface area contributed by atoms with Gasteiger partial charge in [0.15, 0.2) is 0 Å². The average molecular weight is 303 g/mol. The van der Waals surface area contributed by atoms with Crippen molar-refractivity contribution >= 4 is 23.2 Å². The Morgan fingerprint density at radius 3 is 2.52 bits per heavy atom. The molecule has 2 aromatic rings. The van der Waals surface area contributed by atoms with Crippen molar-refractivity contribution in [2.45, 2.75) is 13.0 Å². The summed E-state index contributed by atoms with van der Waals surface area (Å²) in [5, 5.41) is 9.09. The largest absolute Gasteiger partial charge is 0.292 e. The Hall–Kier alpha value is -2.38. The molecule has 3 nitrogen and oxygen atoms in total. The molecule has 2 rings (SSSR count). The smallest absolute Gasteiger partial charge is 0.259 e. The van der Waals surface area contributed by atoms with Gasteiger partial charge in [-0.15, -0.1) is 0 Å². The van der Waals surface area contributed by atoms with Crippen LogP contribution in [0.3, 0.4) is 0 Å². The van der Waals surface area contributed by atoms with E-state index in [-0.39, 0.29) is 10.9 Å². The third-order valence-electron chi connectivity index (χ3n) is 3.00. The number of nitrogens with zero attached hydrogens (tertiary/aromatic N) is 2. The average Bonchev–Trinajstić information content (AvgIpc) is 2.51. The van der Waals surface area contributed by atoms with Crippen molar-refractivity contribution in [3.8, 4) is 6.07 Å². The van der Waals surface area contributed by atoms with Crippen LogP contribution in [0.1, 0.15) is 17.3 Å². The van der Waals surface area contributed by atoms with E-state index in [0.29, 0.717) is 11.3 Å². The highest BCUT2D eigenvalue weighted by Crippen LogP contribution is 2.25. The van der Waals surface area contributed by atoms with E-state index in [0.717, 1.165) is 6.07 Å². The third-order valence-corrected chi connectivity index (χ3v) is 3.30. The Morgan fingerprint density at radius 2 is 1.95 bits per heavy atom. The van der Waals surface area contributed by atoms with E-state index in [9.17, 15) is 9.18 Å². The molecule has 0 aliphatic rings. The van der Waals surface area contributed by atoms with Gasteiger partial charge >= 0.3 is 0 Å². The molecule has 5 heteroatoms. The van der Waals surface area contributed by atoms with Crippen molar-refractivity contribution < 1.29 is 9.18 Å². The summed E-state index contributed by atoms with van der Waals surface area (Å²) in [6.07, 6.45) is 0. The summed E-state index contributed by atoms with van der Waals surface area (Å²) < 4.78 is 13.6. The van der Waals surface area contributed by atoms with Crippen LogP contribution < -0.4 is 4.90 Å². The normalized spacial score (nSPS) is 11.5. The minimum Gasteiger partial charge on any atom is -0.292 e. The van der Waals surface area contributed by atoms with Crippen molar-refractivity contribution in [3.05, 3.63) is 64.9 Å². The SMILES string of the molecule is CC(C#N)N(C(=O)c1ccccc1)c1ccc(Cl)c(F)c1. The maximum atomic E-state index is 13.6. The molecule has 0 fully saturated rings. The highest BCUT2D eigenvalue weighted by molar-refractivity contribution is 6.30. The summed E-state index contributed by atoms with van der Waals surface area (Å²) in [5.74, 6) is -1.00. The first-order chi connectivity index (χ1) is 10.0. The number of hydrogen-bond donors (Lipinski definition) is 0. The van der Waals surface area contributed by atoms with Crippen molar-refractivity contribution in [2.24, 2.45) is 0 Å². The Balaban J connectivity index is 2.46. The fraction of sp³-hybridized carbons (Fsp3) is 0.125. The van der Waals surface area contributed by atoms with Gasteiger partial charge in [0.1, 0.15) is 11.9 Å². The summed E-state index contributed by atoms with van der Waals surface area (Å²) in [6, 6.07) is 13.8. The summed E-state index contributed by atoms with van der Waals surface area (Å²) in [4.78, 5) is 13.8. The van der Waals surface area contributed by atoms with E-state index < -0.39 is 11.9 Å². The predicted octanol–water partition coefficient (Wildman–Crippen LogP) is 4.04. The van der Waals surface area contributed by atoms with E-state index in [2.05, 4.69) is 0 Å². The van der Waals surface area contributed by atoms with Crippen molar-refractivity contribution in [3.63, 3.8) is 0 Å². The van der Waals surface area contributed by atoms with Crippen LogP contribution in [0.4, 0.5) is 10.1 Å². The van der Waals surface area contributed by atoms with E-state index in [1.54, 1.807) is 37.3 Å². The lowest BCUT2D eigenvalue weighted by atomic mass is 10.1. The van der Waals surface area contributed by atoms with Crippen LogP contribution in [-0.2, 0) is 0 Å². The lowest BCUT2D eigenvalue weighted by Crippen LogP contribution is -2.38. The van der Waals surface area contributed by atoms with Crippen molar-refractivity contribution in [1.29, 1.82) is 5.26 Å². The topological polar surface area (TPSA) is 44.1 Å². The molecule has 106 valence electrons. The lowest BCUT2D eigenvalue weighted by molar-refractivity contribution is 0.0983. The van der Waals surface area contributed by atoms with Crippen molar-refractivity contribution in [1.82, 2.24) is 0 Å². The first-order valence-corrected chi connectivity index (χ1v) is 6.65. The highest BCUT2D eigenvalue weighted by Gasteiger charge is 2.23. The first-order valence-electron chi connectivity index (χ1n) is 6.28. The molecule has 0 saturated carbocycles. The third kappa shape index (κ3) is 3.21. The van der Waals surface area contributed by atoms with Crippen LogP contribution in [-0.4, -0.2) is 11.9 Å². The van der Waals surface area contributed by atoms with Crippen LogP contribution in [0.5, 0.6) is 0 Å². The molecule has 1 atom stereocenters. The Morgan fingerprint density at radius 1 is 1.29 bits per heavy atom. The fourth-order valence-electron chi connectivity index (χ4n) is 1.93. The zero-order chi connectivity index (χ0) is 15.4. The molecule has 1 unspecified atom stereocenters. The minimum atomic E-state index is -0.738. The number of benzene rings is 2. The van der Waals surface area contributed by atoms with Crippen LogP contribution in [0.25, 0.3) is 0 Å². The molecule has 0 saturated heterocycles. The number of halogens is 2. The molecule has 21 heavy (non-hydrogen) atoms. The second-order valence-corrected chi connectivity index (χ2v) is 4.85. The number of rotatable bonds is 3. The van der Waals surface area contributed by atoms with Gasteiger partial charge in [-0.2, -0.15) is 5.26 Å². The number of nitriles is 1. The standard InChI is InChI=1S/C16H12ClFN2O/c1-11(10-19)20(13-7-8-14(17)15(18)9-13)16(21)12-5-3-2-4-6-12/h2-9,11H,1H3. The van der Waals surface area contributed by atoms with Gasteiger partial charge in [0.25, 0.3) is 5.91 Å². The molecule has 1 amide bonds. The minimum absolute atomic E-state index is 0.0320. The molecule has 0 heterocycles. The van der Waals surface area contributed by atoms with Gasteiger partial charge < -0.3 is 0 Å². The van der Waals surface area contributed by atoms with Gasteiger partial charge in [-0.3, -0.25) is 9.69 Å². The number of anilines is 1. The maximum Gasteiger partial charge on any atom is 0.259 e. The molecule has 2 aromatic carbocycles. The Bertz CT molecular complexity index is 697. The number of carbonyl (C=O) groups is 1. The van der Waals surface area contributed by atoms with Gasteiger partial charge in [0.2, 0.25) is 0 Å². The zero-order valence-corrected chi connectivity index (χ0v) is 12.0. The van der Waals surface area contributed by atoms with Gasteiger partial charge in [-0.05, 0) is 37.3 Å². The maximum absolute atomic E-state index is 13.6. The molecule has 0 aliphatic carbocycles. The molecule has 0 bridgehead atoms. The molecule has 0 spiro atoms. The number of amides is 1. The van der Waals surface area contributed by atoms with Gasteiger partial charge in [0.05, 0.1) is 11.1 Å². The molecular weight excluding hydrogens is 291 g/mol. The lowest BCUT2D eigenvalue weighted by Gasteiger charge is -2.25. The molecule has 0 aliphatic heterocycles. The van der Waals surface area contributed by atoms with Crippen LogP contribution in [0.2, 0.25) is 5.02 Å². The molecule has 0 radical (unpaired) electrons. The molecular formula is C16H12ClFN2O. The highest BCUT2D eigenvalue weighted by atomic mass is 35.5. The summed E-state index contributed by atoms with van der Waals surface area (Å²) >= 11 is 5.65. The zero-order valence-electron chi connectivity index (χ0n) is 11.3. The van der Waals surface area contributed by atoms with Crippen LogP contribution >= 0.6 is 11.6 Å². The Kier molecular flexibility index (Phi) is 4.56. The van der Waals surface area contributed by atoms with Crippen molar-refractivity contribution in [2.75, 3.05) is 4.90 Å². The molecule has 0 aromatic heterocycles. The van der Waals surface area contributed by atoms with E-state index in [1.807, 2.05) is 6.07 Å². The Labute approximate surface area is 127 Å². The predicted molar refractivity (Wildman–Crippen MR) is 79.7 cm³/mol. The van der Waals surface area contributed by atoms with Gasteiger partial charge in [-0.25, -0.2) is 4.39 Å². The van der Waals surface area contributed by atoms with E-state index in [4.69, 9.17) is 16.9 Å².